The zero-order chi connectivity index (χ0) is 15.2. The topological polar surface area (TPSA) is 82.5 Å². The third-order valence-corrected chi connectivity index (χ3v) is 4.38. The van der Waals surface area contributed by atoms with Crippen molar-refractivity contribution in [3.63, 3.8) is 0 Å². The quantitative estimate of drug-likeness (QED) is 0.788. The number of rotatable bonds is 6. The number of likely N-dealkylation sites (tertiary alicyclic amines) is 1. The van der Waals surface area contributed by atoms with Gasteiger partial charge in [0.25, 0.3) is 5.91 Å². The number of nitrogens with zero attached hydrogens (tertiary/aromatic N) is 2. The van der Waals surface area contributed by atoms with E-state index in [1.807, 2.05) is 0 Å². The molecule has 21 heavy (non-hydrogen) atoms. The Morgan fingerprint density at radius 3 is 3.05 bits per heavy atom. The fourth-order valence-electron chi connectivity index (χ4n) is 2.40. The summed E-state index contributed by atoms with van der Waals surface area (Å²) in [5.41, 5.74) is 0.340. The molecule has 1 aliphatic heterocycles. The molecule has 0 aromatic carbocycles. The molecule has 6 nitrogen and oxygen atoms in total. The Kier molecular flexibility index (Phi) is 5.55. The summed E-state index contributed by atoms with van der Waals surface area (Å²) >= 11 is 1.38. The van der Waals surface area contributed by atoms with Gasteiger partial charge in [0, 0.05) is 18.5 Å². The van der Waals surface area contributed by atoms with E-state index in [0.29, 0.717) is 18.7 Å². The number of carbonyl (C=O) groups is 2. The van der Waals surface area contributed by atoms with Crippen molar-refractivity contribution in [3.8, 4) is 0 Å². The lowest BCUT2D eigenvalue weighted by atomic mass is 10.0. The van der Waals surface area contributed by atoms with Gasteiger partial charge in [-0.2, -0.15) is 0 Å². The molecular weight excluding hydrogens is 290 g/mol. The molecule has 116 valence electrons. The zero-order valence-corrected chi connectivity index (χ0v) is 13.0. The van der Waals surface area contributed by atoms with E-state index >= 15 is 0 Å². The van der Waals surface area contributed by atoms with Crippen LogP contribution in [0.4, 0.5) is 5.13 Å². The molecule has 1 amide bonds. The van der Waals surface area contributed by atoms with Crippen LogP contribution in [0.2, 0.25) is 0 Å². The molecule has 2 heterocycles. The van der Waals surface area contributed by atoms with Crippen LogP contribution < -0.4 is 5.32 Å². The van der Waals surface area contributed by atoms with Crippen LogP contribution in [-0.2, 0) is 4.79 Å². The van der Waals surface area contributed by atoms with Crippen LogP contribution >= 0.6 is 11.3 Å². The number of anilines is 1. The second-order valence-electron chi connectivity index (χ2n) is 5.17. The van der Waals surface area contributed by atoms with E-state index in [-0.39, 0.29) is 5.91 Å². The summed E-state index contributed by atoms with van der Waals surface area (Å²) in [4.78, 5) is 29.4. The number of nitrogens with one attached hydrogen (secondary N) is 1. The van der Waals surface area contributed by atoms with Crippen LogP contribution in [-0.4, -0.2) is 46.0 Å². The maximum atomic E-state index is 12.4. The minimum absolute atomic E-state index is 0.276. The van der Waals surface area contributed by atoms with Crippen molar-refractivity contribution in [1.29, 1.82) is 0 Å². The molecule has 1 aromatic heterocycles. The molecular formula is C14H21N3O3S. The van der Waals surface area contributed by atoms with Crippen molar-refractivity contribution in [1.82, 2.24) is 9.88 Å². The largest absolute Gasteiger partial charge is 0.480 e. The van der Waals surface area contributed by atoms with Gasteiger partial charge in [0.2, 0.25) is 0 Å². The van der Waals surface area contributed by atoms with Gasteiger partial charge in [-0.3, -0.25) is 4.79 Å². The van der Waals surface area contributed by atoms with E-state index in [1.165, 1.54) is 16.2 Å². The maximum Gasteiger partial charge on any atom is 0.326 e. The smallest absolute Gasteiger partial charge is 0.326 e. The number of aromatic nitrogens is 1. The highest BCUT2D eigenvalue weighted by Crippen LogP contribution is 2.22. The first-order valence-electron chi connectivity index (χ1n) is 7.36. The van der Waals surface area contributed by atoms with E-state index < -0.39 is 12.0 Å². The number of unbranched alkanes of at least 4 members (excludes halogenated alkanes) is 1. The summed E-state index contributed by atoms with van der Waals surface area (Å²) in [6.07, 6.45) is 4.37. The van der Waals surface area contributed by atoms with Crippen LogP contribution in [0.3, 0.4) is 0 Å². The Hall–Kier alpha value is -1.63. The van der Waals surface area contributed by atoms with E-state index in [9.17, 15) is 14.7 Å². The molecule has 7 heteroatoms. The van der Waals surface area contributed by atoms with Crippen LogP contribution in [0.25, 0.3) is 0 Å². The maximum absolute atomic E-state index is 12.4. The average Bonchev–Trinajstić information content (AvgIpc) is 2.95. The minimum atomic E-state index is -0.931. The second kappa shape index (κ2) is 7.40. The normalized spacial score (nSPS) is 18.5. The summed E-state index contributed by atoms with van der Waals surface area (Å²) in [5.74, 6) is -1.21. The standard InChI is InChI=1S/C14H21N3O3S/c1-2-3-7-15-14-16-10(9-21-14)12(18)17-8-5-4-6-11(17)13(19)20/h9,11H,2-8H2,1H3,(H,15,16)(H,19,20). The Morgan fingerprint density at radius 2 is 2.33 bits per heavy atom. The molecule has 1 fully saturated rings. The van der Waals surface area contributed by atoms with Gasteiger partial charge in [-0.1, -0.05) is 13.3 Å². The highest BCUT2D eigenvalue weighted by atomic mass is 32.1. The predicted octanol–water partition coefficient (Wildman–Crippen LogP) is 2.43. The number of amides is 1. The summed E-state index contributed by atoms with van der Waals surface area (Å²) in [6, 6.07) is -0.718. The minimum Gasteiger partial charge on any atom is -0.480 e. The first-order chi connectivity index (χ1) is 10.1. The van der Waals surface area contributed by atoms with Gasteiger partial charge >= 0.3 is 5.97 Å². The van der Waals surface area contributed by atoms with Crippen LogP contribution in [0.15, 0.2) is 5.38 Å². The lowest BCUT2D eigenvalue weighted by Crippen LogP contribution is -2.48. The van der Waals surface area contributed by atoms with Crippen molar-refractivity contribution >= 4 is 28.3 Å². The molecule has 1 atom stereocenters. The number of aliphatic carboxylic acids is 1. The van der Waals surface area contributed by atoms with Gasteiger partial charge in [-0.05, 0) is 25.7 Å². The first-order valence-corrected chi connectivity index (χ1v) is 8.24. The van der Waals surface area contributed by atoms with Gasteiger partial charge in [0.15, 0.2) is 5.13 Å². The molecule has 0 spiro atoms. The van der Waals surface area contributed by atoms with Crippen molar-refractivity contribution in [2.75, 3.05) is 18.4 Å². The third kappa shape index (κ3) is 3.93. The van der Waals surface area contributed by atoms with Gasteiger partial charge < -0.3 is 15.3 Å². The first kappa shape index (κ1) is 15.8. The number of piperidine rings is 1. The molecule has 1 aromatic rings. The highest BCUT2D eigenvalue weighted by Gasteiger charge is 2.33. The highest BCUT2D eigenvalue weighted by molar-refractivity contribution is 7.13. The summed E-state index contributed by atoms with van der Waals surface area (Å²) < 4.78 is 0. The lowest BCUT2D eigenvalue weighted by Gasteiger charge is -2.32. The summed E-state index contributed by atoms with van der Waals surface area (Å²) in [6.45, 7) is 3.44. The Balaban J connectivity index is 2.03. The lowest BCUT2D eigenvalue weighted by molar-refractivity contribution is -0.143. The van der Waals surface area contributed by atoms with Gasteiger partial charge in [-0.15, -0.1) is 11.3 Å². The molecule has 0 saturated carbocycles. The van der Waals surface area contributed by atoms with Crippen molar-refractivity contribution < 1.29 is 14.7 Å². The Morgan fingerprint density at radius 1 is 1.52 bits per heavy atom. The zero-order valence-electron chi connectivity index (χ0n) is 12.2. The molecule has 0 radical (unpaired) electrons. The number of hydrogen-bond acceptors (Lipinski definition) is 5. The fourth-order valence-corrected chi connectivity index (χ4v) is 3.12. The van der Waals surface area contributed by atoms with Crippen molar-refractivity contribution in [2.24, 2.45) is 0 Å². The number of carboxylic acids is 1. The fraction of sp³-hybridized carbons (Fsp3) is 0.643. The average molecular weight is 311 g/mol. The molecule has 1 aliphatic rings. The number of carbonyl (C=O) groups excluding carboxylic acids is 1. The van der Waals surface area contributed by atoms with Crippen LogP contribution in [0.1, 0.15) is 49.5 Å². The van der Waals surface area contributed by atoms with Gasteiger partial charge in [-0.25, -0.2) is 9.78 Å². The molecule has 1 unspecified atom stereocenters. The van der Waals surface area contributed by atoms with Gasteiger partial charge in [0.05, 0.1) is 0 Å². The number of hydrogen-bond donors (Lipinski definition) is 2. The molecule has 1 saturated heterocycles. The SMILES string of the molecule is CCCCNc1nc(C(=O)N2CCCCC2C(=O)O)cs1. The third-order valence-electron chi connectivity index (χ3n) is 3.58. The van der Waals surface area contributed by atoms with Crippen molar-refractivity contribution in [2.45, 2.75) is 45.1 Å². The van der Waals surface area contributed by atoms with E-state index in [2.05, 4.69) is 17.2 Å². The Labute approximate surface area is 128 Å². The van der Waals surface area contributed by atoms with E-state index in [0.717, 1.165) is 37.4 Å². The summed E-state index contributed by atoms with van der Waals surface area (Å²) in [5, 5.41) is 14.8. The molecule has 2 rings (SSSR count). The van der Waals surface area contributed by atoms with Crippen LogP contribution in [0.5, 0.6) is 0 Å². The summed E-state index contributed by atoms with van der Waals surface area (Å²) in [7, 11) is 0. The Bertz CT molecular complexity index is 503. The molecule has 0 aliphatic carbocycles. The van der Waals surface area contributed by atoms with Crippen molar-refractivity contribution in [3.05, 3.63) is 11.1 Å². The second-order valence-corrected chi connectivity index (χ2v) is 6.02. The number of thiazole rings is 1. The predicted molar refractivity (Wildman–Crippen MR) is 81.8 cm³/mol. The van der Waals surface area contributed by atoms with E-state index in [1.54, 1.807) is 5.38 Å². The van der Waals surface area contributed by atoms with Crippen LogP contribution in [0, 0.1) is 0 Å². The monoisotopic (exact) mass is 311 g/mol. The molecule has 0 bridgehead atoms. The van der Waals surface area contributed by atoms with E-state index in [4.69, 9.17) is 0 Å². The number of carboxylic acid groups (broad SMARTS) is 1. The molecule has 2 N–H and O–H groups in total. The van der Waals surface area contributed by atoms with Gasteiger partial charge in [0.1, 0.15) is 11.7 Å².